The molecular formula is C18H14ClN3. The van der Waals surface area contributed by atoms with E-state index in [1.165, 1.54) is 0 Å². The predicted octanol–water partition coefficient (Wildman–Crippen LogP) is 4.05. The summed E-state index contributed by atoms with van der Waals surface area (Å²) in [4.78, 5) is 4.07. The Morgan fingerprint density at radius 2 is 1.82 bits per heavy atom. The van der Waals surface area contributed by atoms with Crippen LogP contribution in [0.4, 0.5) is 0 Å². The highest BCUT2D eigenvalue weighted by Gasteiger charge is 2.36. The molecule has 0 spiro atoms. The summed E-state index contributed by atoms with van der Waals surface area (Å²) in [6.45, 7) is 0.456. The van der Waals surface area contributed by atoms with Gasteiger partial charge >= 0.3 is 0 Å². The van der Waals surface area contributed by atoms with Gasteiger partial charge in [0.2, 0.25) is 0 Å². The van der Waals surface area contributed by atoms with Crippen molar-refractivity contribution in [2.45, 2.75) is 12.0 Å². The van der Waals surface area contributed by atoms with Gasteiger partial charge < -0.3 is 4.57 Å². The normalized spacial score (nSPS) is 13.3. The molecule has 1 heterocycles. The topological polar surface area (TPSA) is 41.6 Å². The Hall–Kier alpha value is -2.57. The summed E-state index contributed by atoms with van der Waals surface area (Å²) in [6.07, 6.45) is 5.28. The number of imidazole rings is 1. The second-order valence-electron chi connectivity index (χ2n) is 5.10. The molecular weight excluding hydrogens is 294 g/mol. The molecule has 3 rings (SSSR count). The minimum Gasteiger partial charge on any atom is -0.335 e. The van der Waals surface area contributed by atoms with Gasteiger partial charge in [-0.2, -0.15) is 5.26 Å². The van der Waals surface area contributed by atoms with Crippen LogP contribution in [0.15, 0.2) is 73.3 Å². The number of benzene rings is 2. The zero-order valence-electron chi connectivity index (χ0n) is 11.9. The van der Waals surface area contributed by atoms with Crippen molar-refractivity contribution >= 4 is 11.6 Å². The first-order valence-electron chi connectivity index (χ1n) is 6.94. The van der Waals surface area contributed by atoms with E-state index in [1.54, 1.807) is 12.5 Å². The number of aromatic nitrogens is 2. The van der Waals surface area contributed by atoms with Crippen LogP contribution in [-0.4, -0.2) is 9.55 Å². The first-order valence-corrected chi connectivity index (χ1v) is 7.31. The lowest BCUT2D eigenvalue weighted by Crippen LogP contribution is -2.31. The van der Waals surface area contributed by atoms with Crippen LogP contribution in [0.5, 0.6) is 0 Å². The SMILES string of the molecule is N#CC(Cn1ccnc1)(c1ccccc1)c1ccccc1Cl. The van der Waals surface area contributed by atoms with Crippen LogP contribution >= 0.6 is 11.6 Å². The number of nitriles is 1. The molecule has 3 nitrogen and oxygen atoms in total. The van der Waals surface area contributed by atoms with Crippen LogP contribution < -0.4 is 0 Å². The molecule has 1 unspecified atom stereocenters. The molecule has 0 N–H and O–H groups in total. The highest BCUT2D eigenvalue weighted by Crippen LogP contribution is 2.37. The van der Waals surface area contributed by atoms with Crippen molar-refractivity contribution in [3.63, 3.8) is 0 Å². The Bertz CT molecular complexity index is 791. The molecule has 108 valence electrons. The Kier molecular flexibility index (Phi) is 3.95. The Labute approximate surface area is 134 Å². The summed E-state index contributed by atoms with van der Waals surface area (Å²) < 4.78 is 1.90. The predicted molar refractivity (Wildman–Crippen MR) is 86.5 cm³/mol. The molecule has 3 aromatic rings. The fraction of sp³-hybridized carbons (Fsp3) is 0.111. The van der Waals surface area contributed by atoms with E-state index in [0.29, 0.717) is 11.6 Å². The maximum Gasteiger partial charge on any atom is 0.126 e. The van der Waals surface area contributed by atoms with Gasteiger partial charge in [0.25, 0.3) is 0 Å². The van der Waals surface area contributed by atoms with Crippen molar-refractivity contribution in [3.05, 3.63) is 89.5 Å². The number of rotatable bonds is 4. The highest BCUT2D eigenvalue weighted by atomic mass is 35.5. The molecule has 0 aliphatic carbocycles. The fourth-order valence-electron chi connectivity index (χ4n) is 2.68. The van der Waals surface area contributed by atoms with Crippen LogP contribution in [0.25, 0.3) is 0 Å². The molecule has 0 saturated heterocycles. The third-order valence-electron chi connectivity index (χ3n) is 3.77. The lowest BCUT2D eigenvalue weighted by molar-refractivity contribution is 0.528. The molecule has 0 fully saturated rings. The van der Waals surface area contributed by atoms with E-state index in [1.807, 2.05) is 65.4 Å². The molecule has 4 heteroatoms. The number of nitrogens with zero attached hydrogens (tertiary/aromatic N) is 3. The van der Waals surface area contributed by atoms with Crippen molar-refractivity contribution in [1.82, 2.24) is 9.55 Å². The van der Waals surface area contributed by atoms with Gasteiger partial charge in [0.1, 0.15) is 5.41 Å². The molecule has 0 amide bonds. The fourth-order valence-corrected chi connectivity index (χ4v) is 2.97. The Morgan fingerprint density at radius 1 is 1.09 bits per heavy atom. The van der Waals surface area contributed by atoms with Crippen molar-refractivity contribution in [3.8, 4) is 6.07 Å². The largest absolute Gasteiger partial charge is 0.335 e. The maximum absolute atomic E-state index is 10.1. The number of hydrogen-bond acceptors (Lipinski definition) is 2. The molecule has 0 radical (unpaired) electrons. The second kappa shape index (κ2) is 6.05. The van der Waals surface area contributed by atoms with E-state index < -0.39 is 5.41 Å². The standard InChI is InChI=1S/C18H14ClN3/c19-17-9-5-4-8-16(17)18(12-20,13-22-11-10-21-14-22)15-6-2-1-3-7-15/h1-11,14H,13H2. The van der Waals surface area contributed by atoms with E-state index in [0.717, 1.165) is 11.1 Å². The van der Waals surface area contributed by atoms with Crippen molar-refractivity contribution in [2.24, 2.45) is 0 Å². The van der Waals surface area contributed by atoms with Crippen LogP contribution in [0.2, 0.25) is 5.02 Å². The average molecular weight is 308 g/mol. The minimum atomic E-state index is -0.861. The van der Waals surface area contributed by atoms with Gasteiger partial charge in [-0.3, -0.25) is 0 Å². The summed E-state index contributed by atoms with van der Waals surface area (Å²) >= 11 is 6.40. The maximum atomic E-state index is 10.1. The van der Waals surface area contributed by atoms with E-state index in [9.17, 15) is 5.26 Å². The van der Waals surface area contributed by atoms with Crippen LogP contribution in [0.3, 0.4) is 0 Å². The lowest BCUT2D eigenvalue weighted by Gasteiger charge is -2.29. The zero-order chi connectivity index (χ0) is 15.4. The smallest absolute Gasteiger partial charge is 0.126 e. The van der Waals surface area contributed by atoms with E-state index >= 15 is 0 Å². The molecule has 0 bridgehead atoms. The summed E-state index contributed by atoms with van der Waals surface area (Å²) in [5, 5.41) is 10.7. The van der Waals surface area contributed by atoms with Crippen molar-refractivity contribution in [2.75, 3.05) is 0 Å². The number of hydrogen-bond donors (Lipinski definition) is 0. The van der Waals surface area contributed by atoms with Crippen LogP contribution in [-0.2, 0) is 12.0 Å². The molecule has 1 aromatic heterocycles. The second-order valence-corrected chi connectivity index (χ2v) is 5.51. The Morgan fingerprint density at radius 3 is 2.45 bits per heavy atom. The van der Waals surface area contributed by atoms with E-state index in [2.05, 4.69) is 11.1 Å². The van der Waals surface area contributed by atoms with Gasteiger partial charge in [-0.1, -0.05) is 60.1 Å². The summed E-state index contributed by atoms with van der Waals surface area (Å²) in [7, 11) is 0. The molecule has 22 heavy (non-hydrogen) atoms. The van der Waals surface area contributed by atoms with Gasteiger partial charge in [0.05, 0.1) is 18.9 Å². The van der Waals surface area contributed by atoms with Gasteiger partial charge in [0.15, 0.2) is 0 Å². The number of halogens is 1. The van der Waals surface area contributed by atoms with Crippen LogP contribution in [0.1, 0.15) is 11.1 Å². The summed E-state index contributed by atoms with van der Waals surface area (Å²) in [6, 6.07) is 19.7. The summed E-state index contributed by atoms with van der Waals surface area (Å²) in [5.74, 6) is 0. The van der Waals surface area contributed by atoms with E-state index in [-0.39, 0.29) is 0 Å². The third-order valence-corrected chi connectivity index (χ3v) is 4.10. The lowest BCUT2D eigenvalue weighted by atomic mass is 9.75. The zero-order valence-corrected chi connectivity index (χ0v) is 12.6. The minimum absolute atomic E-state index is 0.456. The molecule has 0 saturated carbocycles. The molecule has 0 aliphatic heterocycles. The van der Waals surface area contributed by atoms with Crippen LogP contribution in [0, 0.1) is 11.3 Å². The molecule has 0 aliphatic rings. The average Bonchev–Trinajstić information content (AvgIpc) is 3.07. The first kappa shape index (κ1) is 14.4. The van der Waals surface area contributed by atoms with Gasteiger partial charge in [-0.25, -0.2) is 4.98 Å². The quantitative estimate of drug-likeness (QED) is 0.729. The molecule has 1 atom stereocenters. The Balaban J connectivity index is 2.21. The highest BCUT2D eigenvalue weighted by molar-refractivity contribution is 6.31. The third kappa shape index (κ3) is 2.49. The monoisotopic (exact) mass is 307 g/mol. The van der Waals surface area contributed by atoms with Gasteiger partial charge in [-0.05, 0) is 17.2 Å². The van der Waals surface area contributed by atoms with Crippen molar-refractivity contribution < 1.29 is 0 Å². The first-order chi connectivity index (χ1) is 10.8. The van der Waals surface area contributed by atoms with Crippen molar-refractivity contribution in [1.29, 1.82) is 5.26 Å². The summed E-state index contributed by atoms with van der Waals surface area (Å²) in [5.41, 5.74) is 0.860. The molecule has 2 aromatic carbocycles. The van der Waals surface area contributed by atoms with Gasteiger partial charge in [0, 0.05) is 17.4 Å². The van der Waals surface area contributed by atoms with Gasteiger partial charge in [-0.15, -0.1) is 0 Å². The van der Waals surface area contributed by atoms with E-state index in [4.69, 9.17) is 11.6 Å².